The van der Waals surface area contributed by atoms with Crippen molar-refractivity contribution in [2.45, 2.75) is 44.3 Å². The van der Waals surface area contributed by atoms with Crippen molar-refractivity contribution < 1.29 is 19.0 Å². The number of hydrogen-bond acceptors (Lipinski definition) is 5. The zero-order valence-corrected chi connectivity index (χ0v) is 21.4. The van der Waals surface area contributed by atoms with Crippen LogP contribution in [0.5, 0.6) is 5.75 Å². The number of hydrogen-bond donors (Lipinski definition) is 1. The average molecular weight is 526 g/mol. The van der Waals surface area contributed by atoms with E-state index in [9.17, 15) is 14.7 Å². The maximum atomic E-state index is 15.8. The van der Waals surface area contributed by atoms with Crippen molar-refractivity contribution in [3.63, 3.8) is 0 Å². The molecule has 37 heavy (non-hydrogen) atoms. The van der Waals surface area contributed by atoms with Crippen molar-refractivity contribution in [3.8, 4) is 5.75 Å². The second kappa shape index (κ2) is 9.33. The van der Waals surface area contributed by atoms with Gasteiger partial charge in [-0.15, -0.1) is 0 Å². The predicted octanol–water partition coefficient (Wildman–Crippen LogP) is 4.94. The Morgan fingerprint density at radius 2 is 1.95 bits per heavy atom. The van der Waals surface area contributed by atoms with E-state index >= 15 is 4.39 Å². The Hall–Kier alpha value is -3.10. The van der Waals surface area contributed by atoms with E-state index in [2.05, 4.69) is 9.80 Å². The molecule has 9 heteroatoms. The Balaban J connectivity index is 1.40. The number of pyridine rings is 1. The Morgan fingerprint density at radius 3 is 2.62 bits per heavy atom. The summed E-state index contributed by atoms with van der Waals surface area (Å²) in [6.45, 7) is 3.14. The molecule has 2 aliphatic heterocycles. The third-order valence-corrected chi connectivity index (χ3v) is 8.34. The van der Waals surface area contributed by atoms with E-state index in [-0.39, 0.29) is 23.0 Å². The van der Waals surface area contributed by atoms with Gasteiger partial charge in [0.25, 0.3) is 0 Å². The van der Waals surface area contributed by atoms with Crippen LogP contribution in [0.3, 0.4) is 0 Å². The van der Waals surface area contributed by atoms with Gasteiger partial charge in [-0.1, -0.05) is 23.7 Å². The summed E-state index contributed by atoms with van der Waals surface area (Å²) in [4.78, 5) is 29.3. The van der Waals surface area contributed by atoms with Crippen LogP contribution >= 0.6 is 11.6 Å². The van der Waals surface area contributed by atoms with Gasteiger partial charge in [0.2, 0.25) is 5.43 Å². The van der Waals surface area contributed by atoms with E-state index in [0.29, 0.717) is 41.0 Å². The van der Waals surface area contributed by atoms with E-state index in [1.54, 1.807) is 4.57 Å². The lowest BCUT2D eigenvalue weighted by molar-refractivity contribution is 0.0694. The molecule has 1 N–H and O–H groups in total. The molecule has 7 nitrogen and oxygen atoms in total. The number of benzene rings is 2. The minimum atomic E-state index is -1.31. The van der Waals surface area contributed by atoms with Crippen LogP contribution in [-0.4, -0.2) is 53.3 Å². The van der Waals surface area contributed by atoms with Gasteiger partial charge in [0.15, 0.2) is 11.6 Å². The van der Waals surface area contributed by atoms with Crippen LogP contribution in [-0.2, 0) is 6.54 Å². The van der Waals surface area contributed by atoms with Crippen LogP contribution in [0.25, 0.3) is 10.9 Å². The van der Waals surface area contributed by atoms with Gasteiger partial charge in [-0.05, 0) is 61.9 Å². The quantitative estimate of drug-likeness (QED) is 0.491. The molecule has 2 aromatic carbocycles. The van der Waals surface area contributed by atoms with E-state index in [1.165, 1.54) is 24.9 Å². The van der Waals surface area contributed by atoms with Crippen molar-refractivity contribution in [2.75, 3.05) is 31.6 Å². The van der Waals surface area contributed by atoms with Gasteiger partial charge in [0, 0.05) is 42.9 Å². The molecule has 6 rings (SSSR count). The monoisotopic (exact) mass is 525 g/mol. The van der Waals surface area contributed by atoms with E-state index in [0.717, 1.165) is 38.8 Å². The normalized spacial score (nSPS) is 21.9. The maximum absolute atomic E-state index is 15.8. The van der Waals surface area contributed by atoms with Crippen molar-refractivity contribution in [1.82, 2.24) is 9.47 Å². The molecule has 3 fully saturated rings. The number of methoxy groups -OCH3 is 1. The molecule has 0 spiro atoms. The molecule has 0 amide bonds. The van der Waals surface area contributed by atoms with Gasteiger partial charge >= 0.3 is 5.97 Å². The third-order valence-electron chi connectivity index (χ3n) is 8.08. The summed E-state index contributed by atoms with van der Waals surface area (Å²) >= 11 is 6.07. The van der Waals surface area contributed by atoms with Gasteiger partial charge in [-0.3, -0.25) is 9.69 Å². The molecule has 0 radical (unpaired) electrons. The highest BCUT2D eigenvalue weighted by atomic mass is 35.5. The number of ether oxygens (including phenoxy) is 1. The summed E-state index contributed by atoms with van der Waals surface area (Å²) in [5.74, 6) is -1.18. The van der Waals surface area contributed by atoms with Crippen molar-refractivity contribution >= 4 is 34.2 Å². The number of rotatable bonds is 6. The molecule has 2 atom stereocenters. The van der Waals surface area contributed by atoms with Crippen LogP contribution in [0.15, 0.2) is 41.3 Å². The Morgan fingerprint density at radius 1 is 1.19 bits per heavy atom. The largest absolute Gasteiger partial charge is 0.492 e. The molecule has 3 aliphatic rings. The first-order chi connectivity index (χ1) is 17.9. The molecule has 1 aliphatic carbocycles. The zero-order chi connectivity index (χ0) is 25.8. The fraction of sp³-hybridized carbons (Fsp3) is 0.429. The highest BCUT2D eigenvalue weighted by Crippen LogP contribution is 2.45. The lowest BCUT2D eigenvalue weighted by Crippen LogP contribution is -2.44. The standard InChI is InChI=1S/C28H29ClFN3O4/c1-37-27-24-20(26(34)21(28(35)36)14-33(24)19-8-9-19)11-22(30)25(27)32-13-17-3-2-10-31(23(17)15-32)12-16-4-6-18(29)7-5-16/h4-7,11,14,17,19,23H,2-3,8-10,12-13,15H2,1H3,(H,35,36)/t17-,23+/m1/s1. The molecule has 194 valence electrons. The number of aromatic carboxylic acids is 1. The summed E-state index contributed by atoms with van der Waals surface area (Å²) in [5, 5.41) is 10.3. The minimum Gasteiger partial charge on any atom is -0.492 e. The summed E-state index contributed by atoms with van der Waals surface area (Å²) in [5.41, 5.74) is 0.990. The smallest absolute Gasteiger partial charge is 0.341 e. The first kappa shape index (κ1) is 24.2. The number of likely N-dealkylation sites (tertiary alicyclic amines) is 1. The number of anilines is 1. The molecular formula is C28H29ClFN3O4. The predicted molar refractivity (Wildman–Crippen MR) is 141 cm³/mol. The van der Waals surface area contributed by atoms with Crippen molar-refractivity contribution in [1.29, 1.82) is 0 Å². The molecule has 0 unspecified atom stereocenters. The average Bonchev–Trinajstić information content (AvgIpc) is 3.63. The summed E-state index contributed by atoms with van der Waals surface area (Å²) in [7, 11) is 1.49. The molecule has 2 saturated heterocycles. The summed E-state index contributed by atoms with van der Waals surface area (Å²) in [6, 6.07) is 9.45. The van der Waals surface area contributed by atoms with Gasteiger partial charge in [0.1, 0.15) is 11.3 Å². The topological polar surface area (TPSA) is 75.0 Å². The first-order valence-electron chi connectivity index (χ1n) is 12.8. The Labute approximate surface area is 219 Å². The molecule has 1 saturated carbocycles. The van der Waals surface area contributed by atoms with Gasteiger partial charge in [-0.2, -0.15) is 0 Å². The molecular weight excluding hydrogens is 497 g/mol. The fourth-order valence-electron chi connectivity index (χ4n) is 6.20. The van der Waals surface area contributed by atoms with Crippen molar-refractivity contribution in [3.05, 3.63) is 68.7 Å². The third kappa shape index (κ3) is 4.26. The molecule has 3 heterocycles. The molecule has 0 bridgehead atoms. The Bertz CT molecular complexity index is 1440. The number of piperidine rings is 1. The van der Waals surface area contributed by atoms with Gasteiger partial charge in [0.05, 0.1) is 18.0 Å². The van der Waals surface area contributed by atoms with Gasteiger partial charge in [-0.25, -0.2) is 9.18 Å². The lowest BCUT2D eigenvalue weighted by atomic mass is 9.91. The van der Waals surface area contributed by atoms with Crippen LogP contribution in [0, 0.1) is 11.7 Å². The number of halogens is 2. The Kier molecular flexibility index (Phi) is 6.12. The number of carbonyl (C=O) groups is 1. The van der Waals surface area contributed by atoms with Gasteiger partial charge < -0.3 is 19.3 Å². The van der Waals surface area contributed by atoms with E-state index in [1.807, 2.05) is 24.3 Å². The maximum Gasteiger partial charge on any atom is 0.341 e. The highest BCUT2D eigenvalue weighted by molar-refractivity contribution is 6.30. The number of carboxylic acid groups (broad SMARTS) is 1. The van der Waals surface area contributed by atoms with Crippen LogP contribution < -0.4 is 15.1 Å². The SMILES string of the molecule is COc1c(N2C[C@H]3CCCN(Cc4ccc(Cl)cc4)[C@H]3C2)c(F)cc2c(=O)c(C(=O)O)cn(C3CC3)c12. The number of aromatic nitrogens is 1. The molecule has 3 aromatic rings. The number of carboxylic acids is 1. The number of fused-ring (bicyclic) bond motifs is 2. The van der Waals surface area contributed by atoms with Crippen LogP contribution in [0.1, 0.15) is 47.6 Å². The second-order valence-corrected chi connectivity index (χ2v) is 10.9. The minimum absolute atomic E-state index is 0.0471. The van der Waals surface area contributed by atoms with Crippen LogP contribution in [0.4, 0.5) is 10.1 Å². The van der Waals surface area contributed by atoms with Crippen molar-refractivity contribution in [2.24, 2.45) is 5.92 Å². The fourth-order valence-corrected chi connectivity index (χ4v) is 6.33. The first-order valence-corrected chi connectivity index (χ1v) is 13.2. The van der Waals surface area contributed by atoms with Crippen LogP contribution in [0.2, 0.25) is 5.02 Å². The summed E-state index contributed by atoms with van der Waals surface area (Å²) < 4.78 is 23.4. The zero-order valence-electron chi connectivity index (χ0n) is 20.6. The lowest BCUT2D eigenvalue weighted by Gasteiger charge is -2.36. The molecule has 1 aromatic heterocycles. The summed E-state index contributed by atoms with van der Waals surface area (Å²) in [6.07, 6.45) is 5.30. The number of nitrogens with zero attached hydrogens (tertiary/aromatic N) is 3. The van der Waals surface area contributed by atoms with E-state index in [4.69, 9.17) is 16.3 Å². The van der Waals surface area contributed by atoms with E-state index < -0.39 is 17.2 Å². The second-order valence-electron chi connectivity index (χ2n) is 10.4. The highest BCUT2D eigenvalue weighted by Gasteiger charge is 2.41.